The summed E-state index contributed by atoms with van der Waals surface area (Å²) in [4.78, 5) is 13.9. The van der Waals surface area contributed by atoms with Crippen LogP contribution in [0.3, 0.4) is 0 Å². The lowest BCUT2D eigenvalue weighted by atomic mass is 10.1. The van der Waals surface area contributed by atoms with Gasteiger partial charge in [-0.3, -0.25) is 0 Å². The lowest BCUT2D eigenvalue weighted by molar-refractivity contribution is 0.0285. The van der Waals surface area contributed by atoms with Gasteiger partial charge in [0.25, 0.3) is 10.0 Å². The van der Waals surface area contributed by atoms with Crippen LogP contribution in [0.15, 0.2) is 89.0 Å². The van der Waals surface area contributed by atoms with Crippen molar-refractivity contribution in [1.82, 2.24) is 8.87 Å². The second-order valence-corrected chi connectivity index (χ2v) is 13.4. The Balaban J connectivity index is 1.91. The number of carbonyl (C=O) groups excluding carboxylic acids is 1. The van der Waals surface area contributed by atoms with E-state index in [1.165, 1.54) is 40.4 Å². The molecular formula is C33H42FN3O4S. The van der Waals surface area contributed by atoms with E-state index in [-0.39, 0.29) is 22.7 Å². The number of hydrogen-bond acceptors (Lipinski definition) is 5. The van der Waals surface area contributed by atoms with Crippen LogP contribution in [0.4, 0.5) is 14.9 Å². The van der Waals surface area contributed by atoms with Crippen molar-refractivity contribution in [3.05, 3.63) is 95.5 Å². The van der Waals surface area contributed by atoms with Gasteiger partial charge >= 0.3 is 6.09 Å². The highest BCUT2D eigenvalue weighted by Gasteiger charge is 2.25. The molecule has 0 atom stereocenters. The summed E-state index contributed by atoms with van der Waals surface area (Å²) in [5.41, 5.74) is 3.31. The average molecular weight is 596 g/mol. The number of benzene rings is 2. The number of anilines is 1. The number of hydrogen-bond donors (Lipinski definition) is 1. The molecule has 2 aromatic carbocycles. The van der Waals surface area contributed by atoms with E-state index in [1.807, 2.05) is 0 Å². The molecular weight excluding hydrogens is 553 g/mol. The molecule has 1 aromatic heterocycles. The summed E-state index contributed by atoms with van der Waals surface area (Å²) < 4.78 is 49.3. The topological polar surface area (TPSA) is 80.6 Å². The molecule has 3 aromatic rings. The summed E-state index contributed by atoms with van der Waals surface area (Å²) in [6, 6.07) is 14.1. The van der Waals surface area contributed by atoms with Crippen LogP contribution in [0.5, 0.6) is 0 Å². The molecule has 9 heteroatoms. The number of aromatic nitrogens is 1. The van der Waals surface area contributed by atoms with Crippen LogP contribution >= 0.6 is 0 Å². The van der Waals surface area contributed by atoms with Gasteiger partial charge in [-0.2, -0.15) is 0 Å². The number of amides is 1. The lowest BCUT2D eigenvalue weighted by Crippen LogP contribution is -2.33. The van der Waals surface area contributed by atoms with Crippen LogP contribution < -0.4 is 5.32 Å². The van der Waals surface area contributed by atoms with Crippen LogP contribution in [-0.2, 0) is 21.3 Å². The van der Waals surface area contributed by atoms with Gasteiger partial charge in [-0.25, -0.2) is 21.6 Å². The zero-order valence-corrected chi connectivity index (χ0v) is 26.4. The van der Waals surface area contributed by atoms with Crippen molar-refractivity contribution >= 4 is 21.8 Å². The maximum atomic E-state index is 14.9. The summed E-state index contributed by atoms with van der Waals surface area (Å²) in [6.07, 6.45) is 7.11. The fourth-order valence-corrected chi connectivity index (χ4v) is 5.68. The smallest absolute Gasteiger partial charge is 0.410 e. The van der Waals surface area contributed by atoms with E-state index in [0.29, 0.717) is 17.8 Å². The van der Waals surface area contributed by atoms with E-state index in [4.69, 9.17) is 4.74 Å². The molecule has 0 unspecified atom stereocenters. The Labute approximate surface area is 249 Å². The molecule has 1 N–H and O–H groups in total. The van der Waals surface area contributed by atoms with Crippen molar-refractivity contribution < 1.29 is 22.3 Å². The van der Waals surface area contributed by atoms with Gasteiger partial charge in [0.05, 0.1) is 17.1 Å². The lowest BCUT2D eigenvalue weighted by Gasteiger charge is -2.24. The van der Waals surface area contributed by atoms with Gasteiger partial charge in [-0.1, -0.05) is 41.5 Å². The maximum absolute atomic E-state index is 14.9. The Bertz CT molecular complexity index is 1560. The number of nitrogens with one attached hydrogen (secondary N) is 1. The van der Waals surface area contributed by atoms with E-state index >= 15 is 0 Å². The molecule has 226 valence electrons. The molecule has 0 saturated heterocycles. The predicted molar refractivity (Wildman–Crippen MR) is 167 cm³/mol. The molecule has 0 spiro atoms. The third-order valence-corrected chi connectivity index (χ3v) is 8.03. The zero-order chi connectivity index (χ0) is 31.1. The molecule has 1 amide bonds. The molecule has 3 rings (SSSR count). The van der Waals surface area contributed by atoms with Gasteiger partial charge in [-0.05, 0) is 96.3 Å². The number of halogens is 1. The van der Waals surface area contributed by atoms with E-state index in [2.05, 4.69) is 38.2 Å². The first-order valence-electron chi connectivity index (χ1n) is 14.0. The first-order chi connectivity index (χ1) is 19.7. The monoisotopic (exact) mass is 595 g/mol. The molecule has 0 saturated carbocycles. The number of nitrogens with zero attached hydrogens (tertiary/aromatic N) is 2. The third-order valence-electron chi connectivity index (χ3n) is 6.36. The number of rotatable bonds is 11. The normalized spacial score (nSPS) is 12.1. The van der Waals surface area contributed by atoms with Crippen molar-refractivity contribution in [2.75, 3.05) is 18.9 Å². The van der Waals surface area contributed by atoms with E-state index in [1.54, 1.807) is 64.2 Å². The molecule has 0 aliphatic rings. The minimum Gasteiger partial charge on any atom is -0.444 e. The summed E-state index contributed by atoms with van der Waals surface area (Å²) in [5, 5.41) is 3.27. The van der Waals surface area contributed by atoms with Crippen molar-refractivity contribution in [2.24, 2.45) is 0 Å². The number of ether oxygens (including phenoxy) is 1. The Hall–Kier alpha value is -3.85. The first-order valence-corrected chi connectivity index (χ1v) is 15.4. The van der Waals surface area contributed by atoms with Crippen molar-refractivity contribution in [2.45, 2.75) is 71.4 Å². The minimum atomic E-state index is -4.13. The van der Waals surface area contributed by atoms with E-state index in [9.17, 15) is 17.6 Å². The van der Waals surface area contributed by atoms with Gasteiger partial charge in [0.2, 0.25) is 0 Å². The Morgan fingerprint density at radius 2 is 1.76 bits per heavy atom. The van der Waals surface area contributed by atoms with Crippen LogP contribution in [0.2, 0.25) is 0 Å². The van der Waals surface area contributed by atoms with Gasteiger partial charge < -0.3 is 15.0 Å². The highest BCUT2D eigenvalue weighted by molar-refractivity contribution is 7.90. The van der Waals surface area contributed by atoms with E-state index < -0.39 is 27.5 Å². The van der Waals surface area contributed by atoms with E-state index in [0.717, 1.165) is 16.8 Å². The highest BCUT2D eigenvalue weighted by atomic mass is 32.2. The SMILES string of the molecule is CC(C)=CCC/C(C)=C/CNc1cccc(S(=O)(=O)n2cc(CN(C)C(=O)OC(C)(C)C)cc2-c2ccccc2F)c1. The fourth-order valence-electron chi connectivity index (χ4n) is 4.24. The minimum absolute atomic E-state index is 0.0528. The predicted octanol–water partition coefficient (Wildman–Crippen LogP) is 8.00. The van der Waals surface area contributed by atoms with Crippen molar-refractivity contribution in [3.8, 4) is 11.3 Å². The molecule has 42 heavy (non-hydrogen) atoms. The Kier molecular flexibility index (Phi) is 10.8. The largest absolute Gasteiger partial charge is 0.444 e. The van der Waals surface area contributed by atoms with Crippen molar-refractivity contribution in [1.29, 1.82) is 0 Å². The summed E-state index contributed by atoms with van der Waals surface area (Å²) >= 11 is 0. The number of allylic oxidation sites excluding steroid dienone is 3. The average Bonchev–Trinajstić information content (AvgIpc) is 3.32. The van der Waals surface area contributed by atoms with Crippen LogP contribution in [0.25, 0.3) is 11.3 Å². The molecule has 0 fully saturated rings. The fraction of sp³-hybridized carbons (Fsp3) is 0.364. The van der Waals surface area contributed by atoms with Gasteiger partial charge in [0.15, 0.2) is 0 Å². The second kappa shape index (κ2) is 13.9. The van der Waals surface area contributed by atoms with Gasteiger partial charge in [0.1, 0.15) is 11.4 Å². The van der Waals surface area contributed by atoms with Crippen LogP contribution in [0, 0.1) is 5.82 Å². The van der Waals surface area contributed by atoms with Crippen molar-refractivity contribution in [3.63, 3.8) is 0 Å². The molecule has 0 radical (unpaired) electrons. The standard InChI is InChI=1S/C33H42FN3O4S/c1-24(2)12-10-13-25(3)18-19-35-27-14-11-15-28(21-27)42(39,40)37-23-26(22-36(7)32(38)41-33(4,5)6)20-31(37)29-16-8-9-17-30(29)34/h8-9,11-12,14-18,20-21,23,35H,10,13,19,22H2,1-7H3/b25-18+. The molecule has 0 bridgehead atoms. The Morgan fingerprint density at radius 3 is 2.43 bits per heavy atom. The first kappa shape index (κ1) is 32.7. The number of carbonyl (C=O) groups is 1. The second-order valence-electron chi connectivity index (χ2n) is 11.6. The molecule has 0 aliphatic carbocycles. The quantitative estimate of drug-likeness (QED) is 0.227. The summed E-state index contributed by atoms with van der Waals surface area (Å²) in [7, 11) is -2.56. The summed E-state index contributed by atoms with van der Waals surface area (Å²) in [5.74, 6) is -0.554. The summed E-state index contributed by atoms with van der Waals surface area (Å²) in [6.45, 7) is 12.2. The molecule has 1 heterocycles. The van der Waals surface area contributed by atoms with Crippen LogP contribution in [0.1, 0.15) is 59.9 Å². The highest BCUT2D eigenvalue weighted by Crippen LogP contribution is 2.30. The van der Waals surface area contributed by atoms with Gasteiger partial charge in [-0.15, -0.1) is 0 Å². The Morgan fingerprint density at radius 1 is 1.05 bits per heavy atom. The van der Waals surface area contributed by atoms with Gasteiger partial charge in [0, 0.05) is 31.0 Å². The maximum Gasteiger partial charge on any atom is 0.410 e. The molecule has 0 aliphatic heterocycles. The third kappa shape index (κ3) is 9.08. The molecule has 7 nitrogen and oxygen atoms in total. The zero-order valence-electron chi connectivity index (χ0n) is 25.6. The van der Waals surface area contributed by atoms with Crippen LogP contribution in [-0.4, -0.2) is 42.6 Å².